The molecule has 0 aliphatic heterocycles. The van der Waals surface area contributed by atoms with Crippen molar-refractivity contribution in [2.45, 2.75) is 0 Å². The van der Waals surface area contributed by atoms with Gasteiger partial charge < -0.3 is 9.88 Å². The fourth-order valence-electron chi connectivity index (χ4n) is 2.77. The quantitative estimate of drug-likeness (QED) is 0.466. The molecule has 3 aromatic rings. The Balaban J connectivity index is 1.86. The Bertz CT molecular complexity index is 1110. The Morgan fingerprint density at radius 3 is 2.29 bits per heavy atom. The highest BCUT2D eigenvalue weighted by molar-refractivity contribution is 6.18. The summed E-state index contributed by atoms with van der Waals surface area (Å²) in [6.07, 6.45) is 0. The lowest BCUT2D eigenvalue weighted by Gasteiger charge is -2.22. The fourth-order valence-corrected chi connectivity index (χ4v) is 3.18. The third-order valence-electron chi connectivity index (χ3n) is 4.27. The number of halogens is 2. The summed E-state index contributed by atoms with van der Waals surface area (Å²) in [5.74, 6) is 1.15. The largest absolute Gasteiger partial charge is 0.369 e. The summed E-state index contributed by atoms with van der Waals surface area (Å²) in [4.78, 5) is 33.2. The molecule has 0 aliphatic rings. The van der Waals surface area contributed by atoms with Gasteiger partial charge in [0.25, 0.3) is 5.56 Å². The Hall–Kier alpha value is -2.65. The molecule has 1 N–H and O–H groups in total. The molecule has 28 heavy (non-hydrogen) atoms. The van der Waals surface area contributed by atoms with Crippen molar-refractivity contribution in [2.24, 2.45) is 24.3 Å². The van der Waals surface area contributed by atoms with Crippen LogP contribution < -0.4 is 16.1 Å². The molecule has 0 saturated carbocycles. The minimum Gasteiger partial charge on any atom is -0.369 e. The molecule has 0 spiro atoms. The van der Waals surface area contributed by atoms with Crippen LogP contribution in [0.5, 0.6) is 0 Å². The second-order valence-electron chi connectivity index (χ2n) is 6.05. The number of nitrogens with one attached hydrogen (secondary N) is 1. The van der Waals surface area contributed by atoms with Crippen molar-refractivity contribution in [3.05, 3.63) is 45.1 Å². The molecule has 0 bridgehead atoms. The SMILES string of the molecule is Cn1c(=O)c2[nH]c(N=Nc3ccc(N(CCCl)CCCl)cc3)nc2n(C)c1=O. The number of azo groups is 1. The fraction of sp³-hybridized carbons (Fsp3) is 0.353. The molecule has 0 radical (unpaired) electrons. The highest BCUT2D eigenvalue weighted by Crippen LogP contribution is 2.22. The molecular formula is C17H19Cl2N7O2. The van der Waals surface area contributed by atoms with Crippen LogP contribution in [0.4, 0.5) is 17.3 Å². The predicted molar refractivity (Wildman–Crippen MR) is 111 cm³/mol. The number of H-pyrrole nitrogens is 1. The standard InChI is InChI=1S/C17H19Cl2N7O2/c1-24-14-13(15(27)25(2)17(24)28)20-16(21-14)23-22-11-3-5-12(6-4-11)26(9-7-18)10-8-19/h3-6H,7-10H2,1-2H3,(H,20,21). The Kier molecular flexibility index (Phi) is 6.15. The van der Waals surface area contributed by atoms with Gasteiger partial charge in [0.15, 0.2) is 11.2 Å². The Labute approximate surface area is 170 Å². The summed E-state index contributed by atoms with van der Waals surface area (Å²) in [6, 6.07) is 7.44. The summed E-state index contributed by atoms with van der Waals surface area (Å²) >= 11 is 11.7. The highest BCUT2D eigenvalue weighted by Gasteiger charge is 2.13. The number of nitrogens with zero attached hydrogens (tertiary/aromatic N) is 6. The van der Waals surface area contributed by atoms with E-state index in [1.165, 1.54) is 18.7 Å². The van der Waals surface area contributed by atoms with Crippen molar-refractivity contribution in [1.82, 2.24) is 19.1 Å². The molecule has 11 heteroatoms. The Morgan fingerprint density at radius 1 is 1.04 bits per heavy atom. The lowest BCUT2D eigenvalue weighted by molar-refractivity contribution is 0.709. The van der Waals surface area contributed by atoms with Crippen LogP contribution in [0.25, 0.3) is 11.2 Å². The van der Waals surface area contributed by atoms with Crippen LogP contribution in [0.2, 0.25) is 0 Å². The summed E-state index contributed by atoms with van der Waals surface area (Å²) in [5.41, 5.74) is 1.11. The molecule has 148 valence electrons. The topological polar surface area (TPSA) is 101 Å². The van der Waals surface area contributed by atoms with Gasteiger partial charge in [-0.25, -0.2) is 4.79 Å². The maximum atomic E-state index is 12.2. The van der Waals surface area contributed by atoms with Gasteiger partial charge in [-0.05, 0) is 24.3 Å². The van der Waals surface area contributed by atoms with Gasteiger partial charge in [0.1, 0.15) is 0 Å². The van der Waals surface area contributed by atoms with Gasteiger partial charge in [-0.3, -0.25) is 13.9 Å². The summed E-state index contributed by atoms with van der Waals surface area (Å²) in [7, 11) is 2.95. The highest BCUT2D eigenvalue weighted by atomic mass is 35.5. The van der Waals surface area contributed by atoms with Gasteiger partial charge in [-0.1, -0.05) is 0 Å². The van der Waals surface area contributed by atoms with Crippen molar-refractivity contribution < 1.29 is 0 Å². The van der Waals surface area contributed by atoms with Gasteiger partial charge in [0.2, 0.25) is 5.95 Å². The van der Waals surface area contributed by atoms with E-state index >= 15 is 0 Å². The molecule has 1 aromatic carbocycles. The number of hydrogen-bond acceptors (Lipinski definition) is 6. The van der Waals surface area contributed by atoms with Crippen LogP contribution in [0.1, 0.15) is 0 Å². The number of rotatable bonds is 7. The second kappa shape index (κ2) is 8.57. The minimum absolute atomic E-state index is 0.142. The molecule has 0 fully saturated rings. The number of benzene rings is 1. The van der Waals surface area contributed by atoms with Gasteiger partial charge >= 0.3 is 5.69 Å². The predicted octanol–water partition coefficient (Wildman–Crippen LogP) is 2.66. The van der Waals surface area contributed by atoms with Gasteiger partial charge in [-0.2, -0.15) is 4.98 Å². The van der Waals surface area contributed by atoms with E-state index in [2.05, 4.69) is 25.1 Å². The molecule has 0 atom stereocenters. The van der Waals surface area contributed by atoms with E-state index in [0.717, 1.165) is 10.3 Å². The molecule has 0 unspecified atom stereocenters. The molecule has 0 amide bonds. The first-order valence-electron chi connectivity index (χ1n) is 8.50. The molecule has 3 rings (SSSR count). The van der Waals surface area contributed by atoms with Gasteiger partial charge in [0, 0.05) is 44.6 Å². The second-order valence-corrected chi connectivity index (χ2v) is 6.80. The van der Waals surface area contributed by atoms with E-state index in [-0.39, 0.29) is 17.1 Å². The van der Waals surface area contributed by atoms with Gasteiger partial charge in [-0.15, -0.1) is 33.4 Å². The molecule has 0 saturated heterocycles. The van der Waals surface area contributed by atoms with Crippen LogP contribution in [0.15, 0.2) is 44.1 Å². The van der Waals surface area contributed by atoms with E-state index < -0.39 is 11.2 Å². The van der Waals surface area contributed by atoms with E-state index in [1.54, 1.807) is 0 Å². The average Bonchev–Trinajstić information content (AvgIpc) is 3.14. The van der Waals surface area contributed by atoms with E-state index in [0.29, 0.717) is 30.5 Å². The van der Waals surface area contributed by atoms with Crippen LogP contribution in [0, 0.1) is 0 Å². The summed E-state index contributed by atoms with van der Waals surface area (Å²) in [6.45, 7) is 1.39. The average molecular weight is 424 g/mol. The van der Waals surface area contributed by atoms with Gasteiger partial charge in [0.05, 0.1) is 5.69 Å². The summed E-state index contributed by atoms with van der Waals surface area (Å²) in [5, 5.41) is 8.17. The van der Waals surface area contributed by atoms with Crippen molar-refractivity contribution in [2.75, 3.05) is 29.7 Å². The van der Waals surface area contributed by atoms with Crippen LogP contribution in [-0.4, -0.2) is 44.0 Å². The smallest absolute Gasteiger partial charge is 0.332 e. The number of anilines is 1. The zero-order valence-electron chi connectivity index (χ0n) is 15.4. The zero-order chi connectivity index (χ0) is 20.3. The van der Waals surface area contributed by atoms with Crippen LogP contribution in [0.3, 0.4) is 0 Å². The number of aromatic nitrogens is 4. The van der Waals surface area contributed by atoms with E-state index in [9.17, 15) is 9.59 Å². The summed E-state index contributed by atoms with van der Waals surface area (Å²) < 4.78 is 2.29. The number of hydrogen-bond donors (Lipinski definition) is 1. The van der Waals surface area contributed by atoms with Crippen molar-refractivity contribution in [1.29, 1.82) is 0 Å². The molecule has 0 aliphatic carbocycles. The first kappa shape index (κ1) is 20.1. The normalized spacial score (nSPS) is 11.6. The molecule has 2 aromatic heterocycles. The van der Waals surface area contributed by atoms with Crippen molar-refractivity contribution in [3.8, 4) is 0 Å². The lowest BCUT2D eigenvalue weighted by atomic mass is 10.2. The van der Waals surface area contributed by atoms with Crippen LogP contribution in [-0.2, 0) is 14.1 Å². The number of fused-ring (bicyclic) bond motifs is 1. The Morgan fingerprint density at radius 2 is 1.68 bits per heavy atom. The lowest BCUT2D eigenvalue weighted by Crippen LogP contribution is -2.36. The molecule has 9 nitrogen and oxygen atoms in total. The molecular weight excluding hydrogens is 405 g/mol. The number of aromatic amines is 1. The number of imidazole rings is 1. The maximum Gasteiger partial charge on any atom is 0.332 e. The maximum absolute atomic E-state index is 12.2. The van der Waals surface area contributed by atoms with E-state index in [1.807, 2.05) is 24.3 Å². The van der Waals surface area contributed by atoms with Crippen LogP contribution >= 0.6 is 23.2 Å². The zero-order valence-corrected chi connectivity index (χ0v) is 16.9. The monoisotopic (exact) mass is 423 g/mol. The first-order chi connectivity index (χ1) is 13.5. The number of aryl methyl sites for hydroxylation is 1. The van der Waals surface area contributed by atoms with E-state index in [4.69, 9.17) is 23.2 Å². The third kappa shape index (κ3) is 3.95. The van der Waals surface area contributed by atoms with Crippen molar-refractivity contribution >= 4 is 51.7 Å². The van der Waals surface area contributed by atoms with Crippen molar-refractivity contribution in [3.63, 3.8) is 0 Å². The number of alkyl halides is 2. The minimum atomic E-state index is -0.463. The molecule has 2 heterocycles. The first-order valence-corrected chi connectivity index (χ1v) is 9.57. The third-order valence-corrected chi connectivity index (χ3v) is 4.60.